The van der Waals surface area contributed by atoms with Gasteiger partial charge in [-0.1, -0.05) is 0 Å². The van der Waals surface area contributed by atoms with E-state index in [4.69, 9.17) is 5.73 Å². The Kier molecular flexibility index (Phi) is 5.96. The highest BCUT2D eigenvalue weighted by Gasteiger charge is 2.23. The van der Waals surface area contributed by atoms with Gasteiger partial charge in [0, 0.05) is 43.4 Å². The number of nitrogen functional groups attached to an aromatic ring is 1. The van der Waals surface area contributed by atoms with Crippen LogP contribution in [0.15, 0.2) is 36.8 Å². The summed E-state index contributed by atoms with van der Waals surface area (Å²) < 4.78 is 0. The topological polar surface area (TPSA) is 100 Å². The summed E-state index contributed by atoms with van der Waals surface area (Å²) in [4.78, 5) is 29.1. The number of urea groups is 1. The lowest BCUT2D eigenvalue weighted by atomic mass is 10.1. The first-order valence-corrected chi connectivity index (χ1v) is 8.85. The highest BCUT2D eigenvalue weighted by Crippen LogP contribution is 2.18. The largest absolute Gasteiger partial charge is 0.384 e. The molecule has 1 atom stereocenters. The van der Waals surface area contributed by atoms with Gasteiger partial charge in [0.15, 0.2) is 0 Å². The molecule has 138 valence electrons. The third-order valence-electron chi connectivity index (χ3n) is 4.66. The van der Waals surface area contributed by atoms with Crippen LogP contribution in [0.2, 0.25) is 0 Å². The van der Waals surface area contributed by atoms with Gasteiger partial charge < -0.3 is 16.0 Å². The van der Waals surface area contributed by atoms with E-state index in [2.05, 4.69) is 32.2 Å². The van der Waals surface area contributed by atoms with Crippen molar-refractivity contribution in [3.05, 3.63) is 42.6 Å². The van der Waals surface area contributed by atoms with E-state index >= 15 is 0 Å². The number of hydrogen-bond donors (Lipinski definition) is 2. The van der Waals surface area contributed by atoms with Gasteiger partial charge >= 0.3 is 6.03 Å². The second-order valence-electron chi connectivity index (χ2n) is 6.55. The molecule has 3 N–H and O–H groups in total. The Labute approximate surface area is 153 Å². The standard InChI is InChI=1S/C18H25N7O/c1-24(13-17-21-10-6-16(19)23-17)15-3-2-11-25(12-7-15)18(26)22-14-4-8-20-9-5-14/h4-6,8-10,15H,2-3,7,11-13H2,1H3,(H2,19,21,23)(H,20,22,26). The summed E-state index contributed by atoms with van der Waals surface area (Å²) in [7, 11) is 2.07. The average molecular weight is 355 g/mol. The minimum atomic E-state index is -0.0568. The smallest absolute Gasteiger partial charge is 0.321 e. The second kappa shape index (κ2) is 8.57. The van der Waals surface area contributed by atoms with E-state index in [1.165, 1.54) is 0 Å². The van der Waals surface area contributed by atoms with Crippen LogP contribution in [-0.2, 0) is 6.54 Å². The van der Waals surface area contributed by atoms with E-state index in [0.29, 0.717) is 18.4 Å². The molecular weight excluding hydrogens is 330 g/mol. The van der Waals surface area contributed by atoms with Crippen LogP contribution in [0.1, 0.15) is 25.1 Å². The molecule has 1 unspecified atom stereocenters. The Morgan fingerprint density at radius 3 is 2.85 bits per heavy atom. The van der Waals surface area contributed by atoms with Gasteiger partial charge in [0.2, 0.25) is 0 Å². The van der Waals surface area contributed by atoms with Gasteiger partial charge in [-0.05, 0) is 44.5 Å². The van der Waals surface area contributed by atoms with Crippen LogP contribution in [0.3, 0.4) is 0 Å². The number of nitrogens with one attached hydrogen (secondary N) is 1. The summed E-state index contributed by atoms with van der Waals surface area (Å²) in [6.45, 7) is 2.14. The van der Waals surface area contributed by atoms with Gasteiger partial charge in [0.25, 0.3) is 0 Å². The molecular formula is C18H25N7O. The van der Waals surface area contributed by atoms with Gasteiger partial charge in [-0.2, -0.15) is 0 Å². The molecule has 8 nitrogen and oxygen atoms in total. The van der Waals surface area contributed by atoms with Crippen molar-refractivity contribution in [1.29, 1.82) is 0 Å². The fourth-order valence-electron chi connectivity index (χ4n) is 3.20. The van der Waals surface area contributed by atoms with Crippen LogP contribution in [0.5, 0.6) is 0 Å². The molecule has 2 aromatic heterocycles. The van der Waals surface area contributed by atoms with Crippen molar-refractivity contribution in [1.82, 2.24) is 24.8 Å². The molecule has 0 aliphatic carbocycles. The highest BCUT2D eigenvalue weighted by molar-refractivity contribution is 5.89. The molecule has 2 amide bonds. The number of anilines is 2. The molecule has 0 aromatic carbocycles. The maximum absolute atomic E-state index is 12.5. The van der Waals surface area contributed by atoms with Crippen molar-refractivity contribution in [3.8, 4) is 0 Å². The van der Waals surface area contributed by atoms with Crippen LogP contribution in [0, 0.1) is 0 Å². The number of aromatic nitrogens is 3. The highest BCUT2D eigenvalue weighted by atomic mass is 16.2. The molecule has 3 heterocycles. The monoisotopic (exact) mass is 355 g/mol. The summed E-state index contributed by atoms with van der Waals surface area (Å²) in [5.74, 6) is 1.22. The van der Waals surface area contributed by atoms with Crippen LogP contribution >= 0.6 is 0 Å². The van der Waals surface area contributed by atoms with Crippen molar-refractivity contribution in [2.24, 2.45) is 0 Å². The summed E-state index contributed by atoms with van der Waals surface area (Å²) in [5, 5.41) is 2.93. The molecule has 1 aliphatic rings. The normalized spacial score (nSPS) is 17.8. The van der Waals surface area contributed by atoms with Gasteiger partial charge in [-0.3, -0.25) is 9.88 Å². The van der Waals surface area contributed by atoms with Crippen molar-refractivity contribution in [2.45, 2.75) is 31.8 Å². The van der Waals surface area contributed by atoms with E-state index in [1.54, 1.807) is 36.8 Å². The number of likely N-dealkylation sites (tertiary alicyclic amines) is 1. The molecule has 0 radical (unpaired) electrons. The fraction of sp³-hybridized carbons (Fsp3) is 0.444. The number of rotatable bonds is 4. The molecule has 1 aliphatic heterocycles. The molecule has 0 spiro atoms. The average Bonchev–Trinajstić information content (AvgIpc) is 2.89. The Balaban J connectivity index is 1.53. The number of amides is 2. The summed E-state index contributed by atoms with van der Waals surface area (Å²) in [6.07, 6.45) is 7.95. The number of carbonyl (C=O) groups excluding carboxylic acids is 1. The molecule has 1 saturated heterocycles. The molecule has 1 fully saturated rings. The van der Waals surface area contributed by atoms with Crippen molar-refractivity contribution < 1.29 is 4.79 Å². The lowest BCUT2D eigenvalue weighted by molar-refractivity contribution is 0.199. The number of hydrogen-bond acceptors (Lipinski definition) is 6. The number of nitrogens with two attached hydrogens (primary N) is 1. The Morgan fingerprint density at radius 1 is 1.27 bits per heavy atom. The Morgan fingerprint density at radius 2 is 2.08 bits per heavy atom. The number of nitrogens with zero attached hydrogens (tertiary/aromatic N) is 5. The quantitative estimate of drug-likeness (QED) is 0.870. The first kappa shape index (κ1) is 18.1. The Bertz CT molecular complexity index is 724. The maximum atomic E-state index is 12.5. The van der Waals surface area contributed by atoms with Gasteiger partial charge in [0.05, 0.1) is 6.54 Å². The predicted octanol–water partition coefficient (Wildman–Crippen LogP) is 1.97. The predicted molar refractivity (Wildman–Crippen MR) is 100 cm³/mol. The summed E-state index contributed by atoms with van der Waals surface area (Å²) >= 11 is 0. The van der Waals surface area contributed by atoms with Gasteiger partial charge in [-0.25, -0.2) is 14.8 Å². The summed E-state index contributed by atoms with van der Waals surface area (Å²) in [6, 6.07) is 5.60. The minimum absolute atomic E-state index is 0.0568. The van der Waals surface area contributed by atoms with E-state index in [9.17, 15) is 4.79 Å². The third kappa shape index (κ3) is 4.89. The molecule has 26 heavy (non-hydrogen) atoms. The lowest BCUT2D eigenvalue weighted by Gasteiger charge is -2.26. The van der Waals surface area contributed by atoms with Crippen LogP contribution in [0.25, 0.3) is 0 Å². The minimum Gasteiger partial charge on any atom is -0.384 e. The molecule has 3 rings (SSSR count). The van der Waals surface area contributed by atoms with Crippen molar-refractivity contribution >= 4 is 17.5 Å². The zero-order valence-electron chi connectivity index (χ0n) is 15.0. The molecule has 0 saturated carbocycles. The van der Waals surface area contributed by atoms with E-state index in [0.717, 1.165) is 43.9 Å². The lowest BCUT2D eigenvalue weighted by Crippen LogP contribution is -2.37. The van der Waals surface area contributed by atoms with E-state index in [1.807, 2.05) is 4.90 Å². The van der Waals surface area contributed by atoms with Crippen LogP contribution in [0.4, 0.5) is 16.3 Å². The second-order valence-corrected chi connectivity index (χ2v) is 6.55. The van der Waals surface area contributed by atoms with Crippen LogP contribution in [-0.4, -0.2) is 57.0 Å². The first-order valence-electron chi connectivity index (χ1n) is 8.85. The molecule has 0 bridgehead atoms. The zero-order valence-corrected chi connectivity index (χ0v) is 15.0. The number of carbonyl (C=O) groups is 1. The first-order chi connectivity index (χ1) is 12.6. The Hall–Kier alpha value is -2.74. The fourth-order valence-corrected chi connectivity index (χ4v) is 3.20. The molecule has 8 heteroatoms. The van der Waals surface area contributed by atoms with E-state index in [-0.39, 0.29) is 6.03 Å². The zero-order chi connectivity index (χ0) is 18.4. The van der Waals surface area contributed by atoms with Crippen LogP contribution < -0.4 is 11.1 Å². The number of pyridine rings is 1. The van der Waals surface area contributed by atoms with Crippen molar-refractivity contribution in [2.75, 3.05) is 31.2 Å². The SMILES string of the molecule is CN(Cc1nccc(N)n1)C1CCCN(C(=O)Nc2ccncc2)CC1. The van der Waals surface area contributed by atoms with Gasteiger partial charge in [-0.15, -0.1) is 0 Å². The maximum Gasteiger partial charge on any atom is 0.321 e. The third-order valence-corrected chi connectivity index (χ3v) is 4.66. The summed E-state index contributed by atoms with van der Waals surface area (Å²) in [5.41, 5.74) is 6.49. The molecule has 2 aromatic rings. The van der Waals surface area contributed by atoms with E-state index < -0.39 is 0 Å². The van der Waals surface area contributed by atoms with Crippen molar-refractivity contribution in [3.63, 3.8) is 0 Å². The van der Waals surface area contributed by atoms with Gasteiger partial charge in [0.1, 0.15) is 11.6 Å².